The van der Waals surface area contributed by atoms with E-state index in [9.17, 15) is 19.2 Å². The van der Waals surface area contributed by atoms with Gasteiger partial charge in [-0.05, 0) is 82.9 Å². The molecule has 14 nitrogen and oxygen atoms in total. The van der Waals surface area contributed by atoms with Crippen molar-refractivity contribution in [2.24, 2.45) is 0 Å². The number of fused-ring (bicyclic) bond motifs is 6. The molecule has 2 saturated heterocycles. The Morgan fingerprint density at radius 2 is 1.23 bits per heavy atom. The summed E-state index contributed by atoms with van der Waals surface area (Å²) in [6.45, 7) is 16.4. The van der Waals surface area contributed by atoms with Crippen LogP contribution in [-0.4, -0.2) is 114 Å². The van der Waals surface area contributed by atoms with Crippen LogP contribution in [0.3, 0.4) is 0 Å². The molecule has 3 heterocycles. The summed E-state index contributed by atoms with van der Waals surface area (Å²) in [6.07, 6.45) is -0.367. The molecule has 3 aliphatic heterocycles. The van der Waals surface area contributed by atoms with Crippen molar-refractivity contribution in [3.8, 4) is 11.1 Å². The van der Waals surface area contributed by atoms with Gasteiger partial charge < -0.3 is 39.1 Å². The van der Waals surface area contributed by atoms with Crippen molar-refractivity contribution in [1.82, 2.24) is 14.7 Å². The monoisotopic (exact) mass is 783 g/mol. The minimum Gasteiger partial charge on any atom is -0.448 e. The summed E-state index contributed by atoms with van der Waals surface area (Å²) in [7, 11) is 0. The molecule has 0 aromatic heterocycles. The van der Waals surface area contributed by atoms with E-state index in [0.29, 0.717) is 52.3 Å². The van der Waals surface area contributed by atoms with Gasteiger partial charge in [0.1, 0.15) is 17.8 Å². The number of anilines is 2. The van der Waals surface area contributed by atoms with Crippen LogP contribution < -0.4 is 10.2 Å². The predicted molar refractivity (Wildman–Crippen MR) is 213 cm³/mol. The maximum Gasteiger partial charge on any atom is 0.410 e. The number of hydrogen-bond acceptors (Lipinski definition) is 10. The molecule has 0 saturated carbocycles. The molecule has 7 rings (SSSR count). The van der Waals surface area contributed by atoms with Gasteiger partial charge in [-0.15, -0.1) is 0 Å². The molecule has 4 aliphatic rings. The van der Waals surface area contributed by atoms with Gasteiger partial charge in [-0.1, -0.05) is 60.7 Å². The van der Waals surface area contributed by atoms with Gasteiger partial charge >= 0.3 is 24.4 Å². The number of nitrogens with one attached hydrogen (secondary N) is 1. The summed E-state index contributed by atoms with van der Waals surface area (Å²) in [5.41, 5.74) is 5.61. The van der Waals surface area contributed by atoms with Crippen LogP contribution in [0.25, 0.3) is 11.1 Å². The van der Waals surface area contributed by atoms with Crippen molar-refractivity contribution in [1.29, 1.82) is 0 Å². The largest absolute Gasteiger partial charge is 0.448 e. The Morgan fingerprint density at radius 1 is 0.719 bits per heavy atom. The molecule has 3 aromatic carbocycles. The lowest BCUT2D eigenvalue weighted by molar-refractivity contribution is -0.191. The Hall–Kier alpha value is -5.88. The van der Waals surface area contributed by atoms with Crippen molar-refractivity contribution in [3.63, 3.8) is 0 Å². The van der Waals surface area contributed by atoms with Gasteiger partial charge in [-0.3, -0.25) is 4.79 Å². The smallest absolute Gasteiger partial charge is 0.410 e. The summed E-state index contributed by atoms with van der Waals surface area (Å²) in [4.78, 5) is 73.1. The van der Waals surface area contributed by atoms with Gasteiger partial charge in [0.25, 0.3) is 0 Å². The Balaban J connectivity index is 0.000000211. The molecule has 2 unspecified atom stereocenters. The highest BCUT2D eigenvalue weighted by Crippen LogP contribution is 2.44. The van der Waals surface area contributed by atoms with Gasteiger partial charge in [0.2, 0.25) is 5.91 Å². The zero-order valence-electron chi connectivity index (χ0n) is 33.8. The average Bonchev–Trinajstić information content (AvgIpc) is 3.38. The molecule has 2 atom stereocenters. The molecule has 1 aliphatic carbocycles. The Labute approximate surface area is 334 Å². The fraction of sp³-hybridized carbons (Fsp3) is 0.465. The lowest BCUT2D eigenvalue weighted by atomic mass is 9.98. The van der Waals surface area contributed by atoms with Gasteiger partial charge in [-0.25, -0.2) is 14.4 Å². The van der Waals surface area contributed by atoms with Crippen LogP contribution >= 0.6 is 0 Å². The summed E-state index contributed by atoms with van der Waals surface area (Å²) in [5, 5.41) is 2.95. The van der Waals surface area contributed by atoms with Crippen LogP contribution in [-0.2, 0) is 28.6 Å². The van der Waals surface area contributed by atoms with E-state index in [1.54, 1.807) is 14.7 Å². The fourth-order valence-electron chi connectivity index (χ4n) is 7.48. The van der Waals surface area contributed by atoms with E-state index >= 15 is 0 Å². The molecule has 0 bridgehead atoms. The molecule has 14 heteroatoms. The van der Waals surface area contributed by atoms with Crippen LogP contribution in [0.5, 0.6) is 0 Å². The highest BCUT2D eigenvalue weighted by atomic mass is 16.6. The molecule has 1 N–H and O–H groups in total. The number of amides is 4. The number of para-hydroxylation sites is 2. The summed E-state index contributed by atoms with van der Waals surface area (Å²) in [5.74, 6) is 0.0192. The quantitative estimate of drug-likeness (QED) is 0.276. The van der Waals surface area contributed by atoms with Crippen molar-refractivity contribution in [2.75, 3.05) is 56.1 Å². The van der Waals surface area contributed by atoms with Crippen LogP contribution in [0, 0.1) is 0 Å². The van der Waals surface area contributed by atoms with E-state index in [-0.39, 0.29) is 48.3 Å². The maximum absolute atomic E-state index is 12.9. The summed E-state index contributed by atoms with van der Waals surface area (Å²) >= 11 is 0. The van der Waals surface area contributed by atoms with E-state index < -0.39 is 11.2 Å². The number of carbonyl (C=O) groups excluding carboxylic acids is 6. The highest BCUT2D eigenvalue weighted by molar-refractivity contribution is 5.97. The molecule has 0 radical (unpaired) electrons. The Bertz CT molecular complexity index is 1920. The zero-order chi connectivity index (χ0) is 41.5. The lowest BCUT2D eigenvalue weighted by Crippen LogP contribution is -2.56. The van der Waals surface area contributed by atoms with Gasteiger partial charge in [-0.2, -0.15) is 9.59 Å². The number of piperazine rings is 2. The number of ether oxygens (including phenoxy) is 3. The Kier molecular flexibility index (Phi) is 13.3. The molecular formula is C43H53N5O9. The first kappa shape index (κ1) is 42.3. The van der Waals surface area contributed by atoms with Crippen LogP contribution in [0.2, 0.25) is 0 Å². The third-order valence-corrected chi connectivity index (χ3v) is 9.89. The normalized spacial score (nSPS) is 18.6. The third kappa shape index (κ3) is 10.7. The van der Waals surface area contributed by atoms with E-state index in [0.717, 1.165) is 11.4 Å². The summed E-state index contributed by atoms with van der Waals surface area (Å²) < 4.78 is 16.7. The van der Waals surface area contributed by atoms with E-state index in [1.165, 1.54) is 22.3 Å². The number of benzene rings is 3. The van der Waals surface area contributed by atoms with Gasteiger partial charge in [0, 0.05) is 51.6 Å². The second-order valence-electron chi connectivity index (χ2n) is 16.4. The van der Waals surface area contributed by atoms with E-state index in [2.05, 4.69) is 34.5 Å². The minimum atomic E-state index is -0.537. The van der Waals surface area contributed by atoms with E-state index in [1.807, 2.05) is 97.0 Å². The molecule has 57 heavy (non-hydrogen) atoms. The molecule has 3 aromatic rings. The molecule has 0 spiro atoms. The van der Waals surface area contributed by atoms with Gasteiger partial charge in [0.15, 0.2) is 0 Å². The van der Waals surface area contributed by atoms with Crippen molar-refractivity contribution in [2.45, 2.75) is 84.1 Å². The van der Waals surface area contributed by atoms with Crippen molar-refractivity contribution >= 4 is 41.7 Å². The fourth-order valence-corrected chi connectivity index (χ4v) is 7.48. The van der Waals surface area contributed by atoms with Gasteiger partial charge in [0.05, 0.1) is 23.5 Å². The van der Waals surface area contributed by atoms with Crippen LogP contribution in [0.1, 0.15) is 71.9 Å². The molecule has 2 fully saturated rings. The van der Waals surface area contributed by atoms with Crippen LogP contribution in [0.15, 0.2) is 72.8 Å². The zero-order valence-corrected chi connectivity index (χ0v) is 33.8. The maximum atomic E-state index is 12.9. The SMILES string of the molecule is CC(C)(C)OC(=O)N1CCN2c3ccccc3NC(=O)CC2C1.CC1CN(C(=O)OC(C)(C)C)CCN1C(=O)OCC1c2ccccc2-c2ccccc21.O=C=O. The standard InChI is InChI=1S/C25H30N2O4.C17H23N3O3.CO2/c1-17-15-26(23(28)31-25(2,3)4)13-14-27(17)24(29)30-16-22-20-11-7-5-9-18(20)19-10-6-8-12-21(19)22;1-17(2,3)23-16(22)19-8-9-20-12(11-19)10-15(21)18-13-6-4-5-7-14(13)20;2-1-3/h5-12,17,22H,13-16H2,1-4H3;4-7,12H,8-11H2,1-3H3,(H,18,21);. The predicted octanol–water partition coefficient (Wildman–Crippen LogP) is 6.75. The first-order valence-corrected chi connectivity index (χ1v) is 19.2. The molecular weight excluding hydrogens is 730 g/mol. The first-order valence-electron chi connectivity index (χ1n) is 19.2. The highest BCUT2D eigenvalue weighted by Gasteiger charge is 2.37. The lowest BCUT2D eigenvalue weighted by Gasteiger charge is -2.42. The number of hydrogen-bond donors (Lipinski definition) is 1. The minimum absolute atomic E-state index is 0.0176. The summed E-state index contributed by atoms with van der Waals surface area (Å²) in [6, 6.07) is 24.2. The van der Waals surface area contributed by atoms with E-state index in [4.69, 9.17) is 23.8 Å². The second-order valence-corrected chi connectivity index (χ2v) is 16.4. The Morgan fingerprint density at radius 3 is 1.79 bits per heavy atom. The average molecular weight is 784 g/mol. The number of rotatable bonds is 2. The number of carbonyl (C=O) groups is 4. The van der Waals surface area contributed by atoms with Crippen LogP contribution in [0.4, 0.5) is 25.8 Å². The third-order valence-electron chi connectivity index (χ3n) is 9.89. The first-order chi connectivity index (χ1) is 27.0. The topological polar surface area (TPSA) is 155 Å². The second kappa shape index (κ2) is 17.9. The van der Waals surface area contributed by atoms with Crippen molar-refractivity contribution in [3.05, 3.63) is 83.9 Å². The molecule has 4 amide bonds. The van der Waals surface area contributed by atoms with Crippen molar-refractivity contribution < 1.29 is 43.0 Å². The number of nitrogens with zero attached hydrogens (tertiary/aromatic N) is 4. The molecule has 304 valence electrons.